The van der Waals surface area contributed by atoms with Crippen LogP contribution in [-0.4, -0.2) is 58.1 Å². The average molecular weight is 521 g/mol. The molecule has 0 saturated carbocycles. The predicted molar refractivity (Wildman–Crippen MR) is 142 cm³/mol. The maximum atomic E-state index is 13.3. The van der Waals surface area contributed by atoms with Crippen molar-refractivity contribution in [3.63, 3.8) is 0 Å². The van der Waals surface area contributed by atoms with Crippen LogP contribution in [0.2, 0.25) is 0 Å². The van der Waals surface area contributed by atoms with E-state index >= 15 is 0 Å². The maximum Gasteiger partial charge on any atom is 0.326 e. The van der Waals surface area contributed by atoms with Gasteiger partial charge in [-0.25, -0.2) is 4.79 Å². The number of benzene rings is 1. The molecule has 0 aromatic heterocycles. The summed E-state index contributed by atoms with van der Waals surface area (Å²) >= 11 is 0. The van der Waals surface area contributed by atoms with Crippen LogP contribution in [0, 0.1) is 17.8 Å². The number of rotatable bonds is 15. The first kappa shape index (κ1) is 31.9. The van der Waals surface area contributed by atoms with Crippen molar-refractivity contribution in [2.75, 3.05) is 0 Å². The number of carbonyl (C=O) groups excluding carboxylic acids is 3. The van der Waals surface area contributed by atoms with Crippen LogP contribution in [-0.2, 0) is 25.6 Å². The highest BCUT2D eigenvalue weighted by atomic mass is 16.4. The minimum atomic E-state index is -1.24. The van der Waals surface area contributed by atoms with Crippen LogP contribution in [0.3, 0.4) is 0 Å². The van der Waals surface area contributed by atoms with Crippen LogP contribution < -0.4 is 21.7 Å². The summed E-state index contributed by atoms with van der Waals surface area (Å²) in [5.74, 6) is -2.77. The van der Waals surface area contributed by atoms with E-state index in [1.807, 2.05) is 34.6 Å². The number of hydrogen-bond donors (Lipinski definition) is 6. The number of phenols is 1. The molecule has 208 valence electrons. The van der Waals surface area contributed by atoms with Gasteiger partial charge in [-0.3, -0.25) is 14.4 Å². The average Bonchev–Trinajstić information content (AvgIpc) is 2.81. The van der Waals surface area contributed by atoms with E-state index in [0.717, 1.165) is 0 Å². The van der Waals surface area contributed by atoms with Gasteiger partial charge in [0.2, 0.25) is 17.7 Å². The quantitative estimate of drug-likeness (QED) is 0.205. The topological polar surface area (TPSA) is 171 Å². The second-order valence-electron chi connectivity index (χ2n) is 10.6. The summed E-state index contributed by atoms with van der Waals surface area (Å²) in [6.45, 7) is 11.4. The van der Waals surface area contributed by atoms with Gasteiger partial charge in [0.05, 0.1) is 6.04 Å². The smallest absolute Gasteiger partial charge is 0.326 e. The molecule has 10 heteroatoms. The number of carboxylic acids is 1. The first-order valence-electron chi connectivity index (χ1n) is 12.9. The van der Waals surface area contributed by atoms with Gasteiger partial charge < -0.3 is 31.9 Å². The zero-order valence-corrected chi connectivity index (χ0v) is 22.8. The number of amides is 3. The summed E-state index contributed by atoms with van der Waals surface area (Å²) in [5, 5.41) is 27.1. The van der Waals surface area contributed by atoms with Crippen molar-refractivity contribution in [3.05, 3.63) is 29.8 Å². The van der Waals surface area contributed by atoms with E-state index in [1.165, 1.54) is 12.1 Å². The van der Waals surface area contributed by atoms with E-state index in [4.69, 9.17) is 5.73 Å². The third-order valence-electron chi connectivity index (χ3n) is 6.19. The van der Waals surface area contributed by atoms with Gasteiger partial charge in [0.15, 0.2) is 0 Å². The van der Waals surface area contributed by atoms with Crippen LogP contribution in [0.4, 0.5) is 0 Å². The van der Waals surface area contributed by atoms with E-state index in [2.05, 4.69) is 16.0 Å². The van der Waals surface area contributed by atoms with E-state index < -0.39 is 47.9 Å². The molecule has 10 nitrogen and oxygen atoms in total. The SMILES string of the molecule is CCC(C)C(NC(=O)C(CC(C)C)NC(=O)C(N)CC(C)C)C(=O)NC(Cc1ccc(O)cc1)C(=O)O. The van der Waals surface area contributed by atoms with Crippen molar-refractivity contribution < 1.29 is 29.4 Å². The van der Waals surface area contributed by atoms with Gasteiger partial charge in [-0.2, -0.15) is 0 Å². The van der Waals surface area contributed by atoms with Crippen LogP contribution in [0.5, 0.6) is 5.75 Å². The monoisotopic (exact) mass is 520 g/mol. The minimum Gasteiger partial charge on any atom is -0.508 e. The van der Waals surface area contributed by atoms with Gasteiger partial charge >= 0.3 is 5.97 Å². The summed E-state index contributed by atoms with van der Waals surface area (Å²) in [7, 11) is 0. The Labute approximate surface area is 219 Å². The second kappa shape index (κ2) is 15.2. The van der Waals surface area contributed by atoms with Crippen molar-refractivity contribution in [1.29, 1.82) is 0 Å². The number of carboxylic acid groups (broad SMARTS) is 1. The Morgan fingerprint density at radius 3 is 1.84 bits per heavy atom. The number of nitrogens with one attached hydrogen (secondary N) is 3. The molecule has 0 spiro atoms. The summed E-state index contributed by atoms with van der Waals surface area (Å²) in [4.78, 5) is 50.9. The van der Waals surface area contributed by atoms with Crippen LogP contribution in [0.15, 0.2) is 24.3 Å². The molecule has 5 atom stereocenters. The normalized spacial score (nSPS) is 15.4. The molecule has 7 N–H and O–H groups in total. The molecule has 5 unspecified atom stereocenters. The molecule has 0 aliphatic carbocycles. The second-order valence-corrected chi connectivity index (χ2v) is 10.6. The minimum absolute atomic E-state index is 0.00228. The van der Waals surface area contributed by atoms with E-state index in [-0.39, 0.29) is 29.9 Å². The Hall–Kier alpha value is -3.14. The maximum absolute atomic E-state index is 13.3. The molecule has 37 heavy (non-hydrogen) atoms. The molecule has 0 saturated heterocycles. The van der Waals surface area contributed by atoms with Crippen LogP contribution >= 0.6 is 0 Å². The molecule has 1 aromatic carbocycles. The van der Waals surface area contributed by atoms with Gasteiger partial charge in [0, 0.05) is 6.42 Å². The lowest BCUT2D eigenvalue weighted by molar-refractivity contribution is -0.142. The molecule has 0 fully saturated rings. The fraction of sp³-hybridized carbons (Fsp3) is 0.630. The summed E-state index contributed by atoms with van der Waals surface area (Å²) in [6.07, 6.45) is 1.37. The van der Waals surface area contributed by atoms with Crippen LogP contribution in [0.1, 0.15) is 66.4 Å². The molecule has 1 rings (SSSR count). The molecule has 0 bridgehead atoms. The first-order chi connectivity index (χ1) is 17.2. The van der Waals surface area contributed by atoms with Gasteiger partial charge in [-0.1, -0.05) is 60.1 Å². The highest BCUT2D eigenvalue weighted by Crippen LogP contribution is 2.14. The van der Waals surface area contributed by atoms with Crippen molar-refractivity contribution in [1.82, 2.24) is 16.0 Å². The molecule has 0 radical (unpaired) electrons. The molecule has 3 amide bonds. The van der Waals surface area contributed by atoms with Gasteiger partial charge in [-0.05, 0) is 48.3 Å². The number of aromatic hydroxyl groups is 1. The van der Waals surface area contributed by atoms with Gasteiger partial charge in [0.1, 0.15) is 23.9 Å². The molecule has 1 aromatic rings. The third kappa shape index (κ3) is 11.2. The van der Waals surface area contributed by atoms with Gasteiger partial charge in [-0.15, -0.1) is 0 Å². The van der Waals surface area contributed by atoms with Crippen molar-refractivity contribution in [2.45, 2.75) is 91.4 Å². The first-order valence-corrected chi connectivity index (χ1v) is 12.9. The fourth-order valence-corrected chi connectivity index (χ4v) is 3.88. The molecular weight excluding hydrogens is 476 g/mol. The number of nitrogens with two attached hydrogens (primary N) is 1. The van der Waals surface area contributed by atoms with Crippen molar-refractivity contribution >= 4 is 23.7 Å². The number of carbonyl (C=O) groups is 4. The van der Waals surface area contributed by atoms with Crippen molar-refractivity contribution in [3.8, 4) is 5.75 Å². The Morgan fingerprint density at radius 2 is 1.35 bits per heavy atom. The van der Waals surface area contributed by atoms with E-state index in [1.54, 1.807) is 19.1 Å². The lowest BCUT2D eigenvalue weighted by Crippen LogP contribution is -2.59. The zero-order chi connectivity index (χ0) is 28.3. The zero-order valence-electron chi connectivity index (χ0n) is 22.8. The molecular formula is C27H44N4O6. The molecule has 0 heterocycles. The molecule has 0 aliphatic rings. The number of aliphatic carboxylic acids is 1. The Morgan fingerprint density at radius 1 is 0.811 bits per heavy atom. The summed E-state index contributed by atoms with van der Waals surface area (Å²) in [6, 6.07) is 2.15. The van der Waals surface area contributed by atoms with E-state index in [9.17, 15) is 29.4 Å². The standard InChI is InChI=1S/C27H44N4O6/c1-7-17(6)23(26(35)30-22(27(36)37)14-18-8-10-19(32)11-9-18)31-25(34)21(13-16(4)5)29-24(33)20(28)12-15(2)3/h8-11,15-17,20-23,32H,7,12-14,28H2,1-6H3,(H,29,33)(H,30,35)(H,31,34)(H,36,37). The Bertz CT molecular complexity index is 903. The summed E-state index contributed by atoms with van der Waals surface area (Å²) < 4.78 is 0. The fourth-order valence-electron chi connectivity index (χ4n) is 3.88. The van der Waals surface area contributed by atoms with Crippen molar-refractivity contribution in [2.24, 2.45) is 23.5 Å². The number of hydrogen-bond acceptors (Lipinski definition) is 6. The highest BCUT2D eigenvalue weighted by molar-refractivity contribution is 5.94. The van der Waals surface area contributed by atoms with Crippen LogP contribution in [0.25, 0.3) is 0 Å². The largest absolute Gasteiger partial charge is 0.508 e. The summed E-state index contributed by atoms with van der Waals surface area (Å²) in [5.41, 5.74) is 6.61. The number of phenolic OH excluding ortho intramolecular Hbond substituents is 1. The Balaban J connectivity index is 3.03. The predicted octanol–water partition coefficient (Wildman–Crippen LogP) is 1.94. The highest BCUT2D eigenvalue weighted by Gasteiger charge is 2.33. The Kier molecular flexibility index (Phi) is 13.1. The third-order valence-corrected chi connectivity index (χ3v) is 6.19. The lowest BCUT2D eigenvalue weighted by atomic mass is 9.95. The van der Waals surface area contributed by atoms with E-state index in [0.29, 0.717) is 24.8 Å². The lowest BCUT2D eigenvalue weighted by Gasteiger charge is -2.28. The molecule has 0 aliphatic heterocycles. The van der Waals surface area contributed by atoms with Gasteiger partial charge in [0.25, 0.3) is 0 Å².